The number of nitriles is 1. The molecule has 0 heterocycles. The zero-order valence-corrected chi connectivity index (χ0v) is 13.9. The molecule has 1 aromatic carbocycles. The van der Waals surface area contributed by atoms with E-state index in [4.69, 9.17) is 5.26 Å². The summed E-state index contributed by atoms with van der Waals surface area (Å²) in [6.45, 7) is 0.00804. The predicted molar refractivity (Wildman–Crippen MR) is 86.2 cm³/mol. The van der Waals surface area contributed by atoms with Crippen LogP contribution in [-0.2, 0) is 11.0 Å². The van der Waals surface area contributed by atoms with E-state index in [1.165, 1.54) is 23.9 Å². The molecule has 2 atom stereocenters. The summed E-state index contributed by atoms with van der Waals surface area (Å²) in [6, 6.07) is 7.01. The molecule has 1 amide bonds. The zero-order chi connectivity index (χ0) is 17.6. The standard InChI is InChI=1S/C17H19F3N2OS/c18-17(19,20)13-5-7-14(8-6-13)24-11-12-3-1-2-4-15(12)16(23)22-10-9-21/h5-8,12,15H,1-4,10-11H2,(H,22,23). The lowest BCUT2D eigenvalue weighted by molar-refractivity contribution is -0.137. The molecule has 0 aliphatic heterocycles. The van der Waals surface area contributed by atoms with E-state index >= 15 is 0 Å². The summed E-state index contributed by atoms with van der Waals surface area (Å²) in [6.07, 6.45) is -0.545. The van der Waals surface area contributed by atoms with E-state index in [9.17, 15) is 18.0 Å². The van der Waals surface area contributed by atoms with Crippen LogP contribution >= 0.6 is 11.8 Å². The molecule has 1 aromatic rings. The number of thioether (sulfide) groups is 1. The Hall–Kier alpha value is -1.68. The normalized spacial score (nSPS) is 21.1. The topological polar surface area (TPSA) is 52.9 Å². The van der Waals surface area contributed by atoms with Gasteiger partial charge in [-0.05, 0) is 43.0 Å². The van der Waals surface area contributed by atoms with Gasteiger partial charge >= 0.3 is 6.18 Å². The van der Waals surface area contributed by atoms with Gasteiger partial charge in [0.2, 0.25) is 5.91 Å². The predicted octanol–water partition coefficient (Wildman–Crippen LogP) is 4.24. The van der Waals surface area contributed by atoms with Crippen molar-refractivity contribution in [3.05, 3.63) is 29.8 Å². The Labute approximate surface area is 143 Å². The maximum Gasteiger partial charge on any atom is 0.416 e. The second kappa shape index (κ2) is 8.43. The van der Waals surface area contributed by atoms with Crippen LogP contribution in [0.1, 0.15) is 31.2 Å². The van der Waals surface area contributed by atoms with Crippen LogP contribution in [0.5, 0.6) is 0 Å². The lowest BCUT2D eigenvalue weighted by Crippen LogP contribution is -2.37. The number of hydrogen-bond donors (Lipinski definition) is 1. The van der Waals surface area contributed by atoms with Gasteiger partial charge in [0.15, 0.2) is 0 Å². The third kappa shape index (κ3) is 5.17. The molecule has 1 aliphatic rings. The highest BCUT2D eigenvalue weighted by Crippen LogP contribution is 2.36. The Bertz CT molecular complexity index is 595. The van der Waals surface area contributed by atoms with Gasteiger partial charge in [-0.3, -0.25) is 4.79 Å². The van der Waals surface area contributed by atoms with Crippen LogP contribution in [0.25, 0.3) is 0 Å². The molecule has 130 valence electrons. The smallest absolute Gasteiger partial charge is 0.343 e. The van der Waals surface area contributed by atoms with Crippen molar-refractivity contribution in [3.8, 4) is 6.07 Å². The van der Waals surface area contributed by atoms with Crippen LogP contribution in [0.3, 0.4) is 0 Å². The summed E-state index contributed by atoms with van der Waals surface area (Å²) < 4.78 is 37.7. The van der Waals surface area contributed by atoms with Crippen LogP contribution in [0.4, 0.5) is 13.2 Å². The van der Waals surface area contributed by atoms with E-state index in [2.05, 4.69) is 5.32 Å². The molecule has 0 radical (unpaired) electrons. The Morgan fingerprint density at radius 3 is 2.54 bits per heavy atom. The number of nitrogens with one attached hydrogen (secondary N) is 1. The maximum absolute atomic E-state index is 12.6. The van der Waals surface area contributed by atoms with Gasteiger partial charge in [-0.25, -0.2) is 0 Å². The van der Waals surface area contributed by atoms with Crippen LogP contribution in [0.2, 0.25) is 0 Å². The molecule has 2 unspecified atom stereocenters. The number of benzene rings is 1. The highest BCUT2D eigenvalue weighted by atomic mass is 32.2. The van der Waals surface area contributed by atoms with Gasteiger partial charge < -0.3 is 5.32 Å². The number of alkyl halides is 3. The molecule has 3 nitrogen and oxygen atoms in total. The van der Waals surface area contributed by atoms with E-state index in [1.54, 1.807) is 0 Å². The van der Waals surface area contributed by atoms with Crippen LogP contribution in [-0.4, -0.2) is 18.2 Å². The molecule has 24 heavy (non-hydrogen) atoms. The second-order valence-electron chi connectivity index (χ2n) is 5.86. The average Bonchev–Trinajstić information content (AvgIpc) is 2.57. The SMILES string of the molecule is N#CCNC(=O)C1CCCCC1CSc1ccc(C(F)(F)F)cc1. The van der Waals surface area contributed by atoms with E-state index in [1.807, 2.05) is 6.07 Å². The van der Waals surface area contributed by atoms with Crippen molar-refractivity contribution in [3.63, 3.8) is 0 Å². The number of carbonyl (C=O) groups is 1. The molecule has 1 saturated carbocycles. The van der Waals surface area contributed by atoms with Crippen molar-refractivity contribution < 1.29 is 18.0 Å². The van der Waals surface area contributed by atoms with Crippen molar-refractivity contribution in [1.29, 1.82) is 5.26 Å². The minimum absolute atomic E-state index is 0.00804. The highest BCUT2D eigenvalue weighted by molar-refractivity contribution is 7.99. The third-order valence-corrected chi connectivity index (χ3v) is 5.43. The fraction of sp³-hybridized carbons (Fsp3) is 0.529. The fourth-order valence-electron chi connectivity index (χ4n) is 2.95. The molecule has 0 saturated heterocycles. The van der Waals surface area contributed by atoms with Gasteiger partial charge in [0.25, 0.3) is 0 Å². The Balaban J connectivity index is 1.93. The molecule has 0 bridgehead atoms. The summed E-state index contributed by atoms with van der Waals surface area (Å²) in [4.78, 5) is 12.9. The summed E-state index contributed by atoms with van der Waals surface area (Å²) in [7, 11) is 0. The summed E-state index contributed by atoms with van der Waals surface area (Å²) in [5.41, 5.74) is -0.654. The largest absolute Gasteiger partial charge is 0.416 e. The number of rotatable bonds is 5. The van der Waals surface area contributed by atoms with Crippen molar-refractivity contribution in [2.45, 2.75) is 36.8 Å². The quantitative estimate of drug-likeness (QED) is 0.634. The summed E-state index contributed by atoms with van der Waals surface area (Å²) in [5, 5.41) is 11.2. The lowest BCUT2D eigenvalue weighted by atomic mass is 9.80. The molecular weight excluding hydrogens is 337 g/mol. The number of hydrogen-bond acceptors (Lipinski definition) is 3. The fourth-order valence-corrected chi connectivity index (χ4v) is 4.09. The monoisotopic (exact) mass is 356 g/mol. The van der Waals surface area contributed by atoms with Crippen molar-refractivity contribution in [2.24, 2.45) is 11.8 Å². The van der Waals surface area contributed by atoms with Crippen molar-refractivity contribution in [2.75, 3.05) is 12.3 Å². The first-order valence-corrected chi connectivity index (χ1v) is 8.85. The van der Waals surface area contributed by atoms with E-state index < -0.39 is 11.7 Å². The lowest BCUT2D eigenvalue weighted by Gasteiger charge is -2.30. The van der Waals surface area contributed by atoms with Crippen LogP contribution in [0, 0.1) is 23.2 Å². The Morgan fingerprint density at radius 1 is 1.25 bits per heavy atom. The number of amides is 1. The van der Waals surface area contributed by atoms with Crippen LogP contribution in [0.15, 0.2) is 29.2 Å². The van der Waals surface area contributed by atoms with E-state index in [0.717, 1.165) is 42.7 Å². The Kier molecular flexibility index (Phi) is 6.55. The maximum atomic E-state index is 12.6. The first-order chi connectivity index (χ1) is 11.4. The molecular formula is C17H19F3N2OS. The molecule has 2 rings (SSSR count). The van der Waals surface area contributed by atoms with Gasteiger partial charge in [-0.15, -0.1) is 11.8 Å². The van der Waals surface area contributed by atoms with Gasteiger partial charge in [-0.1, -0.05) is 12.8 Å². The molecule has 1 aliphatic carbocycles. The molecule has 7 heteroatoms. The molecule has 1 fully saturated rings. The Morgan fingerprint density at radius 2 is 1.92 bits per heavy atom. The minimum atomic E-state index is -4.32. The molecule has 0 aromatic heterocycles. The summed E-state index contributed by atoms with van der Waals surface area (Å²) >= 11 is 1.48. The van der Waals surface area contributed by atoms with Gasteiger partial charge in [0, 0.05) is 16.6 Å². The summed E-state index contributed by atoms with van der Waals surface area (Å²) in [5.74, 6) is 0.670. The highest BCUT2D eigenvalue weighted by Gasteiger charge is 2.31. The van der Waals surface area contributed by atoms with Gasteiger partial charge in [0.05, 0.1) is 11.6 Å². The molecule has 0 spiro atoms. The molecule has 1 N–H and O–H groups in total. The van der Waals surface area contributed by atoms with E-state index in [-0.39, 0.29) is 24.3 Å². The number of carbonyl (C=O) groups excluding carboxylic acids is 1. The number of nitrogens with zero attached hydrogens (tertiary/aromatic N) is 1. The zero-order valence-electron chi connectivity index (χ0n) is 13.1. The number of halogens is 3. The first-order valence-electron chi connectivity index (χ1n) is 7.86. The minimum Gasteiger partial charge on any atom is -0.343 e. The van der Waals surface area contributed by atoms with Crippen molar-refractivity contribution >= 4 is 17.7 Å². The van der Waals surface area contributed by atoms with E-state index in [0.29, 0.717) is 5.75 Å². The van der Waals surface area contributed by atoms with Gasteiger partial charge in [-0.2, -0.15) is 18.4 Å². The van der Waals surface area contributed by atoms with Gasteiger partial charge in [0.1, 0.15) is 6.54 Å². The van der Waals surface area contributed by atoms with Crippen LogP contribution < -0.4 is 5.32 Å². The average molecular weight is 356 g/mol. The second-order valence-corrected chi connectivity index (χ2v) is 6.95. The van der Waals surface area contributed by atoms with Crippen molar-refractivity contribution in [1.82, 2.24) is 5.32 Å². The first kappa shape index (κ1) is 18.7. The third-order valence-electron chi connectivity index (χ3n) is 4.23.